The van der Waals surface area contributed by atoms with Crippen molar-refractivity contribution >= 4 is 5.91 Å². The molecule has 2 saturated heterocycles. The first-order valence-corrected chi connectivity index (χ1v) is 7.92. The first-order valence-electron chi connectivity index (χ1n) is 7.92. The van der Waals surface area contributed by atoms with Crippen molar-refractivity contribution in [2.24, 2.45) is 0 Å². The van der Waals surface area contributed by atoms with Crippen molar-refractivity contribution in [3.05, 3.63) is 29.8 Å². The molecule has 2 fully saturated rings. The zero-order valence-corrected chi connectivity index (χ0v) is 13.2. The van der Waals surface area contributed by atoms with Crippen LogP contribution in [0.15, 0.2) is 24.3 Å². The molecule has 1 amide bonds. The zero-order chi connectivity index (χ0) is 15.5. The molecule has 0 radical (unpaired) electrons. The summed E-state index contributed by atoms with van der Waals surface area (Å²) in [6.45, 7) is 3.97. The number of amides is 1. The Morgan fingerprint density at radius 3 is 3.09 bits per heavy atom. The van der Waals surface area contributed by atoms with E-state index < -0.39 is 0 Å². The number of hydrogen-bond acceptors (Lipinski definition) is 4. The minimum absolute atomic E-state index is 0.00302. The highest BCUT2D eigenvalue weighted by molar-refractivity contribution is 5.95. The minimum atomic E-state index is -0.0233. The van der Waals surface area contributed by atoms with Crippen molar-refractivity contribution in [3.8, 4) is 5.75 Å². The van der Waals surface area contributed by atoms with E-state index in [1.54, 1.807) is 13.2 Å². The number of carbonyl (C=O) groups is 1. The second kappa shape index (κ2) is 6.67. The van der Waals surface area contributed by atoms with Gasteiger partial charge in [0, 0.05) is 18.8 Å². The third-order valence-electron chi connectivity index (χ3n) is 4.44. The van der Waals surface area contributed by atoms with Gasteiger partial charge >= 0.3 is 0 Å². The Bertz CT molecular complexity index is 533. The molecule has 3 rings (SSSR count). The third-order valence-corrected chi connectivity index (χ3v) is 4.44. The lowest BCUT2D eigenvalue weighted by Gasteiger charge is -2.32. The Labute approximate surface area is 131 Å². The monoisotopic (exact) mass is 305 g/mol. The van der Waals surface area contributed by atoms with E-state index in [0.29, 0.717) is 24.5 Å². The van der Waals surface area contributed by atoms with Crippen LogP contribution in [0.1, 0.15) is 30.1 Å². The van der Waals surface area contributed by atoms with Crippen molar-refractivity contribution < 1.29 is 19.0 Å². The second-order valence-corrected chi connectivity index (χ2v) is 5.73. The smallest absolute Gasteiger partial charge is 0.254 e. The summed E-state index contributed by atoms with van der Waals surface area (Å²) in [6, 6.07) is 7.42. The summed E-state index contributed by atoms with van der Waals surface area (Å²) >= 11 is 0. The molecule has 0 spiro atoms. The van der Waals surface area contributed by atoms with Gasteiger partial charge in [0.15, 0.2) is 0 Å². The number of benzene rings is 1. The number of rotatable bonds is 4. The predicted octanol–water partition coefficient (Wildman–Crippen LogP) is 2.10. The van der Waals surface area contributed by atoms with Crippen LogP contribution in [-0.2, 0) is 9.47 Å². The van der Waals surface area contributed by atoms with E-state index in [4.69, 9.17) is 14.2 Å². The first-order chi connectivity index (χ1) is 10.7. The SMILES string of the molecule is CCO[C@H]1CN(C(=O)c2cccc(OC)c2)[C@@H]2CCCO[C@H]12. The number of hydrogen-bond donors (Lipinski definition) is 0. The van der Waals surface area contributed by atoms with E-state index in [-0.39, 0.29) is 24.2 Å². The second-order valence-electron chi connectivity index (χ2n) is 5.73. The maximum Gasteiger partial charge on any atom is 0.254 e. The van der Waals surface area contributed by atoms with Crippen molar-refractivity contribution in [2.45, 2.75) is 38.0 Å². The minimum Gasteiger partial charge on any atom is -0.497 e. The van der Waals surface area contributed by atoms with Crippen LogP contribution in [0.5, 0.6) is 5.75 Å². The van der Waals surface area contributed by atoms with Gasteiger partial charge in [0.1, 0.15) is 18.0 Å². The van der Waals surface area contributed by atoms with Gasteiger partial charge in [0.05, 0.1) is 19.7 Å². The van der Waals surface area contributed by atoms with Gasteiger partial charge in [0.25, 0.3) is 5.91 Å². The average molecular weight is 305 g/mol. The molecule has 1 aromatic carbocycles. The van der Waals surface area contributed by atoms with E-state index >= 15 is 0 Å². The molecule has 0 bridgehead atoms. The van der Waals surface area contributed by atoms with Crippen LogP contribution in [0.4, 0.5) is 0 Å². The van der Waals surface area contributed by atoms with Gasteiger partial charge in [-0.3, -0.25) is 4.79 Å². The summed E-state index contributed by atoms with van der Waals surface area (Å²) < 4.78 is 16.9. The molecule has 2 aliphatic rings. The molecular weight excluding hydrogens is 282 g/mol. The van der Waals surface area contributed by atoms with E-state index in [1.165, 1.54) is 0 Å². The molecule has 120 valence electrons. The summed E-state index contributed by atoms with van der Waals surface area (Å²) in [5.74, 6) is 0.726. The van der Waals surface area contributed by atoms with Crippen LogP contribution in [0.3, 0.4) is 0 Å². The van der Waals surface area contributed by atoms with Gasteiger partial charge in [-0.2, -0.15) is 0 Å². The highest BCUT2D eigenvalue weighted by Crippen LogP contribution is 2.32. The van der Waals surface area contributed by atoms with Gasteiger partial charge in [-0.1, -0.05) is 6.07 Å². The van der Waals surface area contributed by atoms with Crippen molar-refractivity contribution in [1.82, 2.24) is 4.90 Å². The van der Waals surface area contributed by atoms with Crippen LogP contribution in [0.25, 0.3) is 0 Å². The van der Waals surface area contributed by atoms with Crippen LogP contribution in [0, 0.1) is 0 Å². The van der Waals surface area contributed by atoms with Gasteiger partial charge in [-0.15, -0.1) is 0 Å². The Balaban J connectivity index is 1.81. The fraction of sp³-hybridized carbons (Fsp3) is 0.588. The van der Waals surface area contributed by atoms with Gasteiger partial charge in [-0.25, -0.2) is 0 Å². The lowest BCUT2D eigenvalue weighted by Crippen LogP contribution is -2.43. The quantitative estimate of drug-likeness (QED) is 0.855. The summed E-state index contributed by atoms with van der Waals surface area (Å²) in [6.07, 6.45) is 1.94. The molecule has 2 heterocycles. The lowest BCUT2D eigenvalue weighted by molar-refractivity contribution is -0.0737. The Morgan fingerprint density at radius 2 is 2.32 bits per heavy atom. The molecule has 22 heavy (non-hydrogen) atoms. The standard InChI is InChI=1S/C17H23NO4/c1-3-21-15-11-18(14-8-5-9-22-16(14)15)17(19)12-6-4-7-13(10-12)20-2/h4,6-7,10,14-16H,3,5,8-9,11H2,1-2H3/t14-,15+,16+/m1/s1. The van der Waals surface area contributed by atoms with Gasteiger partial charge < -0.3 is 19.1 Å². The number of fused-ring (bicyclic) bond motifs is 1. The van der Waals surface area contributed by atoms with Crippen molar-refractivity contribution in [3.63, 3.8) is 0 Å². The Hall–Kier alpha value is -1.59. The van der Waals surface area contributed by atoms with Crippen LogP contribution < -0.4 is 4.74 Å². The third kappa shape index (κ3) is 2.83. The van der Waals surface area contributed by atoms with Crippen LogP contribution >= 0.6 is 0 Å². The number of methoxy groups -OCH3 is 1. The fourth-order valence-electron chi connectivity index (χ4n) is 3.43. The summed E-state index contributed by atoms with van der Waals surface area (Å²) in [4.78, 5) is 14.8. The molecule has 0 N–H and O–H groups in total. The fourth-order valence-corrected chi connectivity index (χ4v) is 3.43. The summed E-state index contributed by atoms with van der Waals surface area (Å²) in [5, 5.41) is 0. The molecule has 0 saturated carbocycles. The molecule has 0 aromatic heterocycles. The van der Waals surface area contributed by atoms with E-state index in [2.05, 4.69) is 0 Å². The summed E-state index contributed by atoms with van der Waals surface area (Å²) in [7, 11) is 1.61. The predicted molar refractivity (Wildman–Crippen MR) is 82.2 cm³/mol. The Morgan fingerprint density at radius 1 is 1.45 bits per heavy atom. The Kier molecular flexibility index (Phi) is 4.64. The number of nitrogens with zero attached hydrogens (tertiary/aromatic N) is 1. The first kappa shape index (κ1) is 15.3. The van der Waals surface area contributed by atoms with Gasteiger partial charge in [0.2, 0.25) is 0 Å². The number of likely N-dealkylation sites (tertiary alicyclic amines) is 1. The zero-order valence-electron chi connectivity index (χ0n) is 13.2. The molecule has 5 heteroatoms. The molecule has 1 aromatic rings. The van der Waals surface area contributed by atoms with E-state index in [1.807, 2.05) is 30.0 Å². The molecule has 3 atom stereocenters. The van der Waals surface area contributed by atoms with E-state index in [9.17, 15) is 4.79 Å². The van der Waals surface area contributed by atoms with Gasteiger partial charge in [-0.05, 0) is 38.0 Å². The highest BCUT2D eigenvalue weighted by Gasteiger charge is 2.46. The highest BCUT2D eigenvalue weighted by atomic mass is 16.5. The molecule has 2 aliphatic heterocycles. The molecular formula is C17H23NO4. The van der Waals surface area contributed by atoms with Crippen LogP contribution in [-0.4, -0.2) is 55.9 Å². The average Bonchev–Trinajstić information content (AvgIpc) is 2.93. The maximum atomic E-state index is 12.9. The number of ether oxygens (including phenoxy) is 3. The maximum absolute atomic E-state index is 12.9. The molecule has 5 nitrogen and oxygen atoms in total. The number of carbonyl (C=O) groups excluding carboxylic acids is 1. The largest absolute Gasteiger partial charge is 0.497 e. The van der Waals surface area contributed by atoms with E-state index in [0.717, 1.165) is 19.4 Å². The molecule has 0 aliphatic carbocycles. The summed E-state index contributed by atoms with van der Waals surface area (Å²) in [5.41, 5.74) is 0.654. The van der Waals surface area contributed by atoms with Crippen LogP contribution in [0.2, 0.25) is 0 Å². The topological polar surface area (TPSA) is 48.0 Å². The molecule has 0 unspecified atom stereocenters. The van der Waals surface area contributed by atoms with Crippen molar-refractivity contribution in [1.29, 1.82) is 0 Å². The normalized spacial score (nSPS) is 27.5. The lowest BCUT2D eigenvalue weighted by atomic mass is 10.0. The van der Waals surface area contributed by atoms with Crippen molar-refractivity contribution in [2.75, 3.05) is 26.9 Å².